The van der Waals surface area contributed by atoms with Gasteiger partial charge in [0.1, 0.15) is 0 Å². The first kappa shape index (κ1) is 13.5. The monoisotopic (exact) mass is 247 g/mol. The van der Waals surface area contributed by atoms with E-state index in [-0.39, 0.29) is 0 Å². The lowest BCUT2D eigenvalue weighted by molar-refractivity contribution is 0.176. The Morgan fingerprint density at radius 2 is 2.11 bits per heavy atom. The second-order valence-electron chi connectivity index (χ2n) is 5.33. The van der Waals surface area contributed by atoms with Gasteiger partial charge in [-0.1, -0.05) is 39.5 Å². The minimum Gasteiger partial charge on any atom is -0.310 e. The second kappa shape index (κ2) is 6.83. The molecule has 0 radical (unpaired) electrons. The number of nitrogens with zero attached hydrogens (tertiary/aromatic N) is 2. The van der Waals surface area contributed by atoms with E-state index in [1.807, 2.05) is 12.4 Å². The lowest BCUT2D eigenvalue weighted by Crippen LogP contribution is -2.34. The summed E-state index contributed by atoms with van der Waals surface area (Å²) in [7, 11) is 0. The van der Waals surface area contributed by atoms with Crippen molar-refractivity contribution in [3.05, 3.63) is 24.0 Å². The summed E-state index contributed by atoms with van der Waals surface area (Å²) >= 11 is 0. The Kier molecular flexibility index (Phi) is 5.12. The average Bonchev–Trinajstić information content (AvgIpc) is 2.46. The molecule has 3 nitrogen and oxygen atoms in total. The fourth-order valence-electron chi connectivity index (χ4n) is 3.40. The molecule has 100 valence electrons. The minimum atomic E-state index is 0.454. The summed E-state index contributed by atoms with van der Waals surface area (Å²) in [5, 5.41) is 11.6. The van der Waals surface area contributed by atoms with Gasteiger partial charge in [-0.25, -0.2) is 0 Å². The van der Waals surface area contributed by atoms with Gasteiger partial charge in [-0.3, -0.25) is 0 Å². The van der Waals surface area contributed by atoms with E-state index in [4.69, 9.17) is 0 Å². The fourth-order valence-corrected chi connectivity index (χ4v) is 3.40. The lowest BCUT2D eigenvalue weighted by atomic mass is 9.72. The van der Waals surface area contributed by atoms with Gasteiger partial charge in [-0.2, -0.15) is 10.2 Å². The van der Waals surface area contributed by atoms with Crippen LogP contribution in [0, 0.1) is 11.8 Å². The molecule has 1 heterocycles. The van der Waals surface area contributed by atoms with Crippen molar-refractivity contribution >= 4 is 0 Å². The van der Waals surface area contributed by atoms with Gasteiger partial charge in [0.05, 0.1) is 6.20 Å². The smallest absolute Gasteiger partial charge is 0.0544 e. The van der Waals surface area contributed by atoms with Gasteiger partial charge >= 0.3 is 0 Å². The fraction of sp³-hybridized carbons (Fsp3) is 0.733. The molecule has 2 rings (SSSR count). The van der Waals surface area contributed by atoms with Crippen molar-refractivity contribution in [2.75, 3.05) is 6.54 Å². The van der Waals surface area contributed by atoms with Gasteiger partial charge in [-0.05, 0) is 36.4 Å². The molecule has 1 aromatic rings. The number of hydrogen-bond donors (Lipinski definition) is 1. The molecule has 0 aromatic carbocycles. The van der Waals surface area contributed by atoms with Crippen LogP contribution in [0.25, 0.3) is 0 Å². The van der Waals surface area contributed by atoms with Crippen LogP contribution < -0.4 is 5.32 Å². The Labute approximate surface area is 110 Å². The summed E-state index contributed by atoms with van der Waals surface area (Å²) < 4.78 is 0. The molecule has 3 heteroatoms. The van der Waals surface area contributed by atoms with Crippen molar-refractivity contribution in [3.63, 3.8) is 0 Å². The number of aromatic nitrogens is 2. The first-order valence-electron chi connectivity index (χ1n) is 7.36. The normalized spacial score (nSPS) is 25.9. The van der Waals surface area contributed by atoms with Crippen LogP contribution in [0.4, 0.5) is 0 Å². The SMILES string of the molecule is CCNC(c1ccnnc1)C1CCCCC1CC. The van der Waals surface area contributed by atoms with Crippen LogP contribution in [0.15, 0.2) is 18.5 Å². The van der Waals surface area contributed by atoms with Crippen LogP contribution >= 0.6 is 0 Å². The predicted octanol–water partition coefficient (Wildman–Crippen LogP) is 3.34. The van der Waals surface area contributed by atoms with Crippen LogP contribution in [0.1, 0.15) is 57.6 Å². The summed E-state index contributed by atoms with van der Waals surface area (Å²) in [5.41, 5.74) is 1.30. The van der Waals surface area contributed by atoms with Crippen LogP contribution in [-0.2, 0) is 0 Å². The maximum absolute atomic E-state index is 4.04. The number of hydrogen-bond acceptors (Lipinski definition) is 3. The first-order valence-corrected chi connectivity index (χ1v) is 7.36. The summed E-state index contributed by atoms with van der Waals surface area (Å²) in [4.78, 5) is 0. The van der Waals surface area contributed by atoms with Crippen molar-refractivity contribution in [2.45, 2.75) is 52.0 Å². The van der Waals surface area contributed by atoms with Crippen LogP contribution in [0.2, 0.25) is 0 Å². The molecule has 3 unspecified atom stereocenters. The molecule has 0 spiro atoms. The van der Waals surface area contributed by atoms with Crippen LogP contribution in [-0.4, -0.2) is 16.7 Å². The Morgan fingerprint density at radius 1 is 1.28 bits per heavy atom. The van der Waals surface area contributed by atoms with E-state index in [0.29, 0.717) is 6.04 Å². The van der Waals surface area contributed by atoms with E-state index in [0.717, 1.165) is 18.4 Å². The third kappa shape index (κ3) is 3.08. The molecule has 3 atom stereocenters. The van der Waals surface area contributed by atoms with E-state index in [1.165, 1.54) is 37.7 Å². The summed E-state index contributed by atoms with van der Waals surface area (Å²) in [6.07, 6.45) is 10.5. The predicted molar refractivity (Wildman–Crippen MR) is 74.2 cm³/mol. The maximum atomic E-state index is 4.04. The zero-order valence-electron chi connectivity index (χ0n) is 11.6. The quantitative estimate of drug-likeness (QED) is 0.867. The Bertz CT molecular complexity index is 339. The third-order valence-corrected chi connectivity index (χ3v) is 4.31. The van der Waals surface area contributed by atoms with Gasteiger partial charge in [0.15, 0.2) is 0 Å². The van der Waals surface area contributed by atoms with Gasteiger partial charge < -0.3 is 5.32 Å². The highest BCUT2D eigenvalue weighted by atomic mass is 15.1. The van der Waals surface area contributed by atoms with E-state index >= 15 is 0 Å². The molecule has 1 N–H and O–H groups in total. The average molecular weight is 247 g/mol. The minimum absolute atomic E-state index is 0.454. The molecule has 0 bridgehead atoms. The summed E-state index contributed by atoms with van der Waals surface area (Å²) in [6, 6.07) is 2.57. The molecule has 18 heavy (non-hydrogen) atoms. The highest BCUT2D eigenvalue weighted by Gasteiger charge is 2.31. The van der Waals surface area contributed by atoms with Crippen molar-refractivity contribution in [1.29, 1.82) is 0 Å². The molecule has 0 amide bonds. The maximum Gasteiger partial charge on any atom is 0.0544 e. The van der Waals surface area contributed by atoms with Gasteiger partial charge in [-0.15, -0.1) is 0 Å². The molecule has 1 aliphatic carbocycles. The lowest BCUT2D eigenvalue weighted by Gasteiger charge is -2.37. The topological polar surface area (TPSA) is 37.8 Å². The molecule has 1 fully saturated rings. The van der Waals surface area contributed by atoms with Gasteiger partial charge in [0.2, 0.25) is 0 Å². The number of nitrogens with one attached hydrogen (secondary N) is 1. The zero-order valence-corrected chi connectivity index (χ0v) is 11.6. The largest absolute Gasteiger partial charge is 0.310 e. The third-order valence-electron chi connectivity index (χ3n) is 4.31. The molecular weight excluding hydrogens is 222 g/mol. The zero-order chi connectivity index (χ0) is 12.8. The highest BCUT2D eigenvalue weighted by molar-refractivity contribution is 5.13. The molecule has 0 saturated heterocycles. The van der Waals surface area contributed by atoms with E-state index in [1.54, 1.807) is 0 Å². The Morgan fingerprint density at radius 3 is 2.78 bits per heavy atom. The van der Waals surface area contributed by atoms with Crippen LogP contribution in [0.5, 0.6) is 0 Å². The molecule has 1 saturated carbocycles. The van der Waals surface area contributed by atoms with Gasteiger partial charge in [0, 0.05) is 12.2 Å². The van der Waals surface area contributed by atoms with E-state index in [9.17, 15) is 0 Å². The highest BCUT2D eigenvalue weighted by Crippen LogP contribution is 2.39. The number of rotatable bonds is 5. The van der Waals surface area contributed by atoms with Crippen molar-refractivity contribution in [3.8, 4) is 0 Å². The summed E-state index contributed by atoms with van der Waals surface area (Å²) in [5.74, 6) is 1.61. The van der Waals surface area contributed by atoms with Crippen molar-refractivity contribution in [2.24, 2.45) is 11.8 Å². The van der Waals surface area contributed by atoms with Crippen molar-refractivity contribution < 1.29 is 0 Å². The molecule has 1 aromatic heterocycles. The standard InChI is InChI=1S/C15H25N3/c1-3-12-7-5-6-8-14(12)15(16-4-2)13-9-10-17-18-11-13/h9-12,14-16H,3-8H2,1-2H3. The Hall–Kier alpha value is -0.960. The van der Waals surface area contributed by atoms with Crippen molar-refractivity contribution in [1.82, 2.24) is 15.5 Å². The first-order chi connectivity index (χ1) is 8.86. The Balaban J connectivity index is 2.18. The molecule has 0 aliphatic heterocycles. The molecular formula is C15H25N3. The second-order valence-corrected chi connectivity index (χ2v) is 5.33. The summed E-state index contributed by atoms with van der Waals surface area (Å²) in [6.45, 7) is 5.53. The van der Waals surface area contributed by atoms with Crippen LogP contribution in [0.3, 0.4) is 0 Å². The van der Waals surface area contributed by atoms with Gasteiger partial charge in [0.25, 0.3) is 0 Å². The van der Waals surface area contributed by atoms with E-state index < -0.39 is 0 Å². The van der Waals surface area contributed by atoms with E-state index in [2.05, 4.69) is 35.4 Å². The molecule has 1 aliphatic rings.